The van der Waals surface area contributed by atoms with Gasteiger partial charge in [-0.15, -0.1) is 5.92 Å². The molecule has 1 heterocycles. The van der Waals surface area contributed by atoms with Crippen molar-refractivity contribution in [2.75, 3.05) is 6.61 Å². The van der Waals surface area contributed by atoms with Crippen LogP contribution in [0.1, 0.15) is 45.6 Å². The van der Waals surface area contributed by atoms with Gasteiger partial charge in [-0.05, 0) is 55.1 Å². The van der Waals surface area contributed by atoms with Crippen molar-refractivity contribution >= 4 is 18.2 Å². The Kier molecular flexibility index (Phi) is 9.05. The molecule has 0 saturated carbocycles. The molecule has 1 aromatic heterocycles. The van der Waals surface area contributed by atoms with Crippen molar-refractivity contribution in [2.24, 2.45) is 0 Å². The number of aryl methyl sites for hydroxylation is 1. The fourth-order valence-corrected chi connectivity index (χ4v) is 5.32. The molecule has 0 aliphatic rings. The van der Waals surface area contributed by atoms with E-state index in [4.69, 9.17) is 4.43 Å². The first-order valence-corrected chi connectivity index (χ1v) is 15.3. The maximum atomic E-state index is 13.1. The van der Waals surface area contributed by atoms with E-state index in [9.17, 15) is 8.42 Å². The van der Waals surface area contributed by atoms with Gasteiger partial charge in [0.05, 0.1) is 0 Å². The highest BCUT2D eigenvalue weighted by Gasteiger charge is 2.36. The van der Waals surface area contributed by atoms with Gasteiger partial charge in [0.2, 0.25) is 9.84 Å². The lowest BCUT2D eigenvalue weighted by atomic mass is 10.1. The quantitative estimate of drug-likeness (QED) is 0.277. The van der Waals surface area contributed by atoms with Crippen LogP contribution in [-0.4, -0.2) is 33.6 Å². The maximum Gasteiger partial charge on any atom is 0.209 e. The average molecular weight is 458 g/mol. The molecule has 6 heteroatoms. The second kappa shape index (κ2) is 11.1. The summed E-state index contributed by atoms with van der Waals surface area (Å²) in [6.45, 7) is 11.8. The SMILES string of the molecule is CC(C)(C)[Si](C)(C)OCCCC#CC(CCc1ccccc1)S(=O)(=O)c1ccccn1. The van der Waals surface area contributed by atoms with Crippen molar-refractivity contribution in [3.05, 3.63) is 60.3 Å². The number of pyridine rings is 1. The van der Waals surface area contributed by atoms with E-state index in [1.165, 1.54) is 6.20 Å². The lowest BCUT2D eigenvalue weighted by molar-refractivity contribution is 0.284. The summed E-state index contributed by atoms with van der Waals surface area (Å²) < 4.78 is 32.4. The zero-order valence-electron chi connectivity index (χ0n) is 19.4. The van der Waals surface area contributed by atoms with Gasteiger partial charge in [0.25, 0.3) is 0 Å². The summed E-state index contributed by atoms with van der Waals surface area (Å²) in [6.07, 6.45) is 4.02. The van der Waals surface area contributed by atoms with Gasteiger partial charge in [-0.25, -0.2) is 13.4 Å². The monoisotopic (exact) mass is 457 g/mol. The van der Waals surface area contributed by atoms with Gasteiger partial charge in [-0.3, -0.25) is 0 Å². The largest absolute Gasteiger partial charge is 0.417 e. The Morgan fingerprint density at radius 3 is 2.35 bits per heavy atom. The number of nitrogens with zero attached hydrogens (tertiary/aromatic N) is 1. The van der Waals surface area contributed by atoms with E-state index >= 15 is 0 Å². The maximum absolute atomic E-state index is 13.1. The molecule has 4 nitrogen and oxygen atoms in total. The molecule has 2 aromatic rings. The minimum absolute atomic E-state index is 0.0867. The molecule has 0 fully saturated rings. The standard InChI is InChI=1S/C25H35NO3SSi/c1-25(2,3)31(4,5)29-21-13-7-10-16-23(19-18-22-14-8-6-9-15-22)30(27,28)24-17-11-12-20-26-24/h6,8-9,11-12,14-15,17,20,23H,7,13,18-19,21H2,1-5H3. The van der Waals surface area contributed by atoms with E-state index in [0.717, 1.165) is 12.0 Å². The molecule has 0 N–H and O–H groups in total. The van der Waals surface area contributed by atoms with Crippen molar-refractivity contribution in [2.45, 2.75) is 74.9 Å². The highest BCUT2D eigenvalue weighted by Crippen LogP contribution is 2.36. The predicted molar refractivity (Wildman–Crippen MR) is 130 cm³/mol. The molecule has 0 aliphatic carbocycles. The first kappa shape index (κ1) is 25.3. The summed E-state index contributed by atoms with van der Waals surface area (Å²) in [5, 5.41) is -0.509. The van der Waals surface area contributed by atoms with Gasteiger partial charge in [0, 0.05) is 19.2 Å². The third-order valence-corrected chi connectivity index (χ3v) is 12.3. The molecule has 1 atom stereocenters. The summed E-state index contributed by atoms with van der Waals surface area (Å²) in [5.74, 6) is 6.14. The zero-order valence-corrected chi connectivity index (χ0v) is 21.2. The number of aromatic nitrogens is 1. The van der Waals surface area contributed by atoms with E-state index < -0.39 is 23.4 Å². The van der Waals surface area contributed by atoms with Crippen molar-refractivity contribution in [1.82, 2.24) is 4.98 Å². The molecule has 0 bridgehead atoms. The Hall–Kier alpha value is -1.94. The van der Waals surface area contributed by atoms with E-state index in [-0.39, 0.29) is 10.1 Å². The summed E-state index contributed by atoms with van der Waals surface area (Å²) in [7, 11) is -5.38. The van der Waals surface area contributed by atoms with Crippen LogP contribution in [0.15, 0.2) is 59.8 Å². The number of sulfone groups is 1. The van der Waals surface area contributed by atoms with Crippen LogP contribution in [0.2, 0.25) is 18.1 Å². The molecule has 2 rings (SSSR count). The molecule has 0 amide bonds. The fourth-order valence-electron chi connectivity index (χ4n) is 2.80. The summed E-state index contributed by atoms with van der Waals surface area (Å²) in [6, 6.07) is 14.9. The predicted octanol–water partition coefficient (Wildman–Crippen LogP) is 5.66. The second-order valence-corrected chi connectivity index (χ2v) is 16.1. The lowest BCUT2D eigenvalue weighted by Gasteiger charge is -2.36. The van der Waals surface area contributed by atoms with E-state index in [0.29, 0.717) is 25.9 Å². The number of hydrogen-bond donors (Lipinski definition) is 0. The highest BCUT2D eigenvalue weighted by atomic mass is 32.2. The third-order valence-electron chi connectivity index (χ3n) is 5.82. The van der Waals surface area contributed by atoms with Gasteiger partial charge < -0.3 is 4.43 Å². The number of rotatable bonds is 9. The fraction of sp³-hybridized carbons (Fsp3) is 0.480. The molecule has 0 radical (unpaired) electrons. The van der Waals surface area contributed by atoms with Gasteiger partial charge in [-0.1, -0.05) is 63.1 Å². The molecular weight excluding hydrogens is 422 g/mol. The molecule has 168 valence electrons. The van der Waals surface area contributed by atoms with Gasteiger partial charge in [-0.2, -0.15) is 0 Å². The molecule has 0 saturated heterocycles. The molecule has 0 aliphatic heterocycles. The van der Waals surface area contributed by atoms with Crippen molar-refractivity contribution in [1.29, 1.82) is 0 Å². The van der Waals surface area contributed by atoms with Gasteiger partial charge in [0.15, 0.2) is 13.3 Å². The number of hydrogen-bond acceptors (Lipinski definition) is 4. The highest BCUT2D eigenvalue weighted by molar-refractivity contribution is 7.92. The smallest absolute Gasteiger partial charge is 0.209 e. The molecular formula is C25H35NO3SSi. The summed E-state index contributed by atoms with van der Waals surface area (Å²) >= 11 is 0. The average Bonchev–Trinajstić information content (AvgIpc) is 2.73. The first-order valence-electron chi connectivity index (χ1n) is 10.9. The Morgan fingerprint density at radius 2 is 1.74 bits per heavy atom. The second-order valence-electron chi connectivity index (χ2n) is 9.26. The molecule has 1 unspecified atom stereocenters. The Balaban J connectivity index is 2.04. The van der Waals surface area contributed by atoms with Crippen molar-refractivity contribution in [3.63, 3.8) is 0 Å². The van der Waals surface area contributed by atoms with Crippen LogP contribution in [0.4, 0.5) is 0 Å². The number of benzene rings is 1. The Morgan fingerprint density at radius 1 is 1.06 bits per heavy atom. The Labute approximate surface area is 189 Å². The summed E-state index contributed by atoms with van der Waals surface area (Å²) in [5.41, 5.74) is 1.10. The van der Waals surface area contributed by atoms with Crippen LogP contribution in [0, 0.1) is 11.8 Å². The van der Waals surface area contributed by atoms with Gasteiger partial charge in [0.1, 0.15) is 5.25 Å². The molecule has 31 heavy (non-hydrogen) atoms. The van der Waals surface area contributed by atoms with Gasteiger partial charge >= 0.3 is 0 Å². The van der Waals surface area contributed by atoms with Crippen LogP contribution in [-0.2, 0) is 20.7 Å². The van der Waals surface area contributed by atoms with E-state index in [2.05, 4.69) is 50.7 Å². The van der Waals surface area contributed by atoms with E-state index in [1.807, 2.05) is 30.3 Å². The Bertz CT molecular complexity index is 972. The van der Waals surface area contributed by atoms with Crippen molar-refractivity contribution < 1.29 is 12.8 Å². The first-order chi connectivity index (χ1) is 14.5. The van der Waals surface area contributed by atoms with Crippen LogP contribution in [0.3, 0.4) is 0 Å². The van der Waals surface area contributed by atoms with Crippen LogP contribution in [0.5, 0.6) is 0 Å². The topological polar surface area (TPSA) is 56.3 Å². The minimum atomic E-state index is -3.62. The molecule has 0 spiro atoms. The zero-order chi connectivity index (χ0) is 23.0. The third kappa shape index (κ3) is 7.60. The molecule has 1 aromatic carbocycles. The van der Waals surface area contributed by atoms with Crippen LogP contribution < -0.4 is 0 Å². The van der Waals surface area contributed by atoms with Crippen LogP contribution >= 0.6 is 0 Å². The minimum Gasteiger partial charge on any atom is -0.417 e. The normalized spacial score (nSPS) is 13.3. The summed E-state index contributed by atoms with van der Waals surface area (Å²) in [4.78, 5) is 4.06. The number of unbranched alkanes of at least 4 members (excludes halogenated alkanes) is 1. The lowest BCUT2D eigenvalue weighted by Crippen LogP contribution is -2.40. The van der Waals surface area contributed by atoms with Crippen molar-refractivity contribution in [3.8, 4) is 11.8 Å². The van der Waals surface area contributed by atoms with E-state index in [1.54, 1.807) is 18.2 Å². The van der Waals surface area contributed by atoms with Crippen LogP contribution in [0.25, 0.3) is 0 Å².